The summed E-state index contributed by atoms with van der Waals surface area (Å²) in [5.74, 6) is 2.18. The van der Waals surface area contributed by atoms with E-state index in [2.05, 4.69) is 28.1 Å². The molecule has 0 radical (unpaired) electrons. The van der Waals surface area contributed by atoms with Gasteiger partial charge in [-0.15, -0.1) is 0 Å². The van der Waals surface area contributed by atoms with Crippen molar-refractivity contribution in [3.8, 4) is 11.5 Å². The van der Waals surface area contributed by atoms with Gasteiger partial charge in [0, 0.05) is 37.0 Å². The second-order valence-corrected chi connectivity index (χ2v) is 5.66. The maximum Gasteiger partial charge on any atom is 0.164 e. The highest BCUT2D eigenvalue weighted by atomic mass is 16.5. The molecule has 0 N–H and O–H groups in total. The first-order valence-electron chi connectivity index (χ1n) is 7.64. The number of aromatic nitrogens is 1. The first-order valence-corrected chi connectivity index (χ1v) is 7.64. The van der Waals surface area contributed by atoms with E-state index in [1.807, 2.05) is 24.5 Å². The molecule has 2 aromatic rings. The van der Waals surface area contributed by atoms with Crippen LogP contribution in [0, 0.1) is 0 Å². The number of nitrogens with zero attached hydrogens (tertiary/aromatic N) is 2. The summed E-state index contributed by atoms with van der Waals surface area (Å²) in [6.07, 6.45) is 4.86. The molecule has 0 saturated carbocycles. The number of hydrogen-bond donors (Lipinski definition) is 0. The normalized spacial score (nSPS) is 18.4. The van der Waals surface area contributed by atoms with E-state index in [4.69, 9.17) is 9.47 Å². The zero-order chi connectivity index (χ0) is 15.4. The molecular formula is C18H22N2O2. The van der Waals surface area contributed by atoms with Gasteiger partial charge in [-0.1, -0.05) is 12.1 Å². The van der Waals surface area contributed by atoms with Crippen molar-refractivity contribution in [2.45, 2.75) is 18.9 Å². The van der Waals surface area contributed by atoms with Crippen molar-refractivity contribution >= 4 is 0 Å². The number of ether oxygens (including phenoxy) is 2. The summed E-state index contributed by atoms with van der Waals surface area (Å²) in [7, 11) is 3.40. The molecule has 2 heterocycles. The highest BCUT2D eigenvalue weighted by molar-refractivity contribution is 5.48. The van der Waals surface area contributed by atoms with Gasteiger partial charge < -0.3 is 9.47 Å². The molecule has 4 heteroatoms. The largest absolute Gasteiger partial charge is 0.493 e. The van der Waals surface area contributed by atoms with Crippen molar-refractivity contribution in [2.75, 3.05) is 27.3 Å². The lowest BCUT2D eigenvalue weighted by atomic mass is 9.97. The van der Waals surface area contributed by atoms with Crippen molar-refractivity contribution in [1.82, 2.24) is 9.88 Å². The van der Waals surface area contributed by atoms with Crippen LogP contribution >= 0.6 is 0 Å². The predicted octanol–water partition coefficient (Wildman–Crippen LogP) is 3.09. The Morgan fingerprint density at radius 3 is 2.68 bits per heavy atom. The van der Waals surface area contributed by atoms with E-state index >= 15 is 0 Å². The quantitative estimate of drug-likeness (QED) is 0.849. The molecule has 4 nitrogen and oxygen atoms in total. The predicted molar refractivity (Wildman–Crippen MR) is 86.4 cm³/mol. The Balaban J connectivity index is 1.73. The number of pyridine rings is 1. The lowest BCUT2D eigenvalue weighted by molar-refractivity contribution is 0.323. The summed E-state index contributed by atoms with van der Waals surface area (Å²) in [5.41, 5.74) is 2.56. The topological polar surface area (TPSA) is 34.6 Å². The average Bonchev–Trinajstić information content (AvgIpc) is 3.03. The fourth-order valence-corrected chi connectivity index (χ4v) is 3.21. The number of likely N-dealkylation sites (tertiary alicyclic amines) is 1. The van der Waals surface area contributed by atoms with E-state index in [1.165, 1.54) is 11.1 Å². The maximum absolute atomic E-state index is 5.58. The standard InChI is InChI=1S/C18H22N2O2/c1-21-17-5-3-4-16(18(17)22-2)15-8-11-20(13-15)12-14-6-9-19-10-7-14/h3-7,9-10,15H,8,11-13H2,1-2H3/t15-/m0/s1. The van der Waals surface area contributed by atoms with Gasteiger partial charge in [-0.25, -0.2) is 0 Å². The highest BCUT2D eigenvalue weighted by Crippen LogP contribution is 2.39. The molecule has 0 aliphatic carbocycles. The summed E-state index contributed by atoms with van der Waals surface area (Å²) in [6, 6.07) is 10.3. The van der Waals surface area contributed by atoms with Gasteiger partial charge in [0.05, 0.1) is 14.2 Å². The lowest BCUT2D eigenvalue weighted by Gasteiger charge is -2.19. The molecule has 1 aliphatic rings. The summed E-state index contributed by atoms with van der Waals surface area (Å²) in [5, 5.41) is 0. The Bertz CT molecular complexity index is 616. The van der Waals surface area contributed by atoms with Crippen LogP contribution in [-0.4, -0.2) is 37.2 Å². The third kappa shape index (κ3) is 3.07. The van der Waals surface area contributed by atoms with E-state index < -0.39 is 0 Å². The van der Waals surface area contributed by atoms with Gasteiger partial charge in [-0.2, -0.15) is 0 Å². The van der Waals surface area contributed by atoms with Crippen LogP contribution < -0.4 is 9.47 Å². The molecule has 0 bridgehead atoms. The molecule has 116 valence electrons. The van der Waals surface area contributed by atoms with Gasteiger partial charge in [0.1, 0.15) is 0 Å². The molecule has 1 aromatic carbocycles. The molecule has 1 aliphatic heterocycles. The Hall–Kier alpha value is -2.07. The number of benzene rings is 1. The molecule has 22 heavy (non-hydrogen) atoms. The van der Waals surface area contributed by atoms with Crippen LogP contribution in [0.5, 0.6) is 11.5 Å². The van der Waals surface area contributed by atoms with Gasteiger partial charge in [0.2, 0.25) is 0 Å². The van der Waals surface area contributed by atoms with Crippen molar-refractivity contribution in [2.24, 2.45) is 0 Å². The van der Waals surface area contributed by atoms with Crippen LogP contribution in [0.4, 0.5) is 0 Å². The Kier molecular flexibility index (Phi) is 4.59. The van der Waals surface area contributed by atoms with Crippen molar-refractivity contribution in [1.29, 1.82) is 0 Å². The van der Waals surface area contributed by atoms with E-state index in [0.29, 0.717) is 5.92 Å². The minimum absolute atomic E-state index is 0.492. The van der Waals surface area contributed by atoms with Crippen molar-refractivity contribution in [3.05, 3.63) is 53.9 Å². The number of hydrogen-bond acceptors (Lipinski definition) is 4. The lowest BCUT2D eigenvalue weighted by Crippen LogP contribution is -2.19. The minimum atomic E-state index is 0.492. The molecule has 1 saturated heterocycles. The Morgan fingerprint density at radius 1 is 1.14 bits per heavy atom. The molecule has 0 unspecified atom stereocenters. The minimum Gasteiger partial charge on any atom is -0.493 e. The Labute approximate surface area is 131 Å². The highest BCUT2D eigenvalue weighted by Gasteiger charge is 2.27. The van der Waals surface area contributed by atoms with Crippen LogP contribution in [0.2, 0.25) is 0 Å². The van der Waals surface area contributed by atoms with Gasteiger partial charge >= 0.3 is 0 Å². The first-order chi connectivity index (χ1) is 10.8. The fraction of sp³-hybridized carbons (Fsp3) is 0.389. The van der Waals surface area contributed by atoms with Crippen molar-refractivity contribution < 1.29 is 9.47 Å². The summed E-state index contributed by atoms with van der Waals surface area (Å²) in [6.45, 7) is 3.13. The van der Waals surface area contributed by atoms with E-state index in [0.717, 1.165) is 37.6 Å². The second kappa shape index (κ2) is 6.79. The van der Waals surface area contributed by atoms with Crippen LogP contribution in [-0.2, 0) is 6.54 Å². The molecular weight excluding hydrogens is 276 g/mol. The molecule has 0 amide bonds. The zero-order valence-electron chi connectivity index (χ0n) is 13.2. The van der Waals surface area contributed by atoms with Gasteiger partial charge in [-0.3, -0.25) is 9.88 Å². The smallest absolute Gasteiger partial charge is 0.164 e. The fourth-order valence-electron chi connectivity index (χ4n) is 3.21. The Morgan fingerprint density at radius 2 is 1.95 bits per heavy atom. The monoisotopic (exact) mass is 298 g/mol. The summed E-state index contributed by atoms with van der Waals surface area (Å²) in [4.78, 5) is 6.56. The van der Waals surface area contributed by atoms with Crippen LogP contribution in [0.3, 0.4) is 0 Å². The number of para-hydroxylation sites is 1. The third-order valence-electron chi connectivity index (χ3n) is 4.30. The average molecular weight is 298 g/mol. The SMILES string of the molecule is COc1cccc([C@H]2CCN(Cc3ccncc3)C2)c1OC. The third-order valence-corrected chi connectivity index (χ3v) is 4.30. The van der Waals surface area contributed by atoms with Crippen LogP contribution in [0.25, 0.3) is 0 Å². The summed E-state index contributed by atoms with van der Waals surface area (Å²) >= 11 is 0. The first kappa shape index (κ1) is 14.9. The van der Waals surface area contributed by atoms with E-state index in [1.54, 1.807) is 14.2 Å². The van der Waals surface area contributed by atoms with Crippen LogP contribution in [0.15, 0.2) is 42.7 Å². The molecule has 0 spiro atoms. The second-order valence-electron chi connectivity index (χ2n) is 5.66. The van der Waals surface area contributed by atoms with E-state index in [-0.39, 0.29) is 0 Å². The molecule has 1 fully saturated rings. The number of rotatable bonds is 5. The zero-order valence-corrected chi connectivity index (χ0v) is 13.2. The van der Waals surface area contributed by atoms with Gasteiger partial charge in [-0.05, 0) is 36.7 Å². The van der Waals surface area contributed by atoms with Gasteiger partial charge in [0.25, 0.3) is 0 Å². The summed E-state index contributed by atoms with van der Waals surface area (Å²) < 4.78 is 11.0. The molecule has 1 atom stereocenters. The molecule has 3 rings (SSSR count). The number of methoxy groups -OCH3 is 2. The maximum atomic E-state index is 5.58. The van der Waals surface area contributed by atoms with Gasteiger partial charge in [0.15, 0.2) is 11.5 Å². The van der Waals surface area contributed by atoms with Crippen LogP contribution in [0.1, 0.15) is 23.5 Å². The van der Waals surface area contributed by atoms with Crippen molar-refractivity contribution in [3.63, 3.8) is 0 Å². The van der Waals surface area contributed by atoms with E-state index in [9.17, 15) is 0 Å². The molecule has 1 aromatic heterocycles.